The van der Waals surface area contributed by atoms with Crippen LogP contribution < -0.4 is 4.74 Å². The Labute approximate surface area is 135 Å². The maximum absolute atomic E-state index is 5.83. The molecule has 1 aromatic heterocycles. The number of hydrogen-bond acceptors (Lipinski definition) is 4. The van der Waals surface area contributed by atoms with Crippen molar-refractivity contribution in [1.82, 2.24) is 14.8 Å². The van der Waals surface area contributed by atoms with E-state index in [1.54, 1.807) is 11.8 Å². The van der Waals surface area contributed by atoms with Crippen LogP contribution in [0.3, 0.4) is 0 Å². The first-order valence-corrected chi connectivity index (χ1v) is 8.63. The molecule has 1 aliphatic rings. The number of aromatic nitrogens is 3. The minimum absolute atomic E-state index is 0.602. The first-order chi connectivity index (χ1) is 10.8. The van der Waals surface area contributed by atoms with Crippen molar-refractivity contribution in [3.63, 3.8) is 0 Å². The summed E-state index contributed by atoms with van der Waals surface area (Å²) in [7, 11) is 0. The molecule has 1 aromatic carbocycles. The van der Waals surface area contributed by atoms with Gasteiger partial charge < -0.3 is 9.30 Å². The van der Waals surface area contributed by atoms with Gasteiger partial charge in [0, 0.05) is 18.2 Å². The van der Waals surface area contributed by atoms with Gasteiger partial charge in [-0.25, -0.2) is 0 Å². The lowest BCUT2D eigenvalue weighted by Gasteiger charge is -2.09. The average molecular weight is 315 g/mol. The van der Waals surface area contributed by atoms with Crippen LogP contribution in [0.2, 0.25) is 0 Å². The molecule has 0 radical (unpaired) electrons. The number of para-hydroxylation sites is 1. The van der Waals surface area contributed by atoms with Crippen molar-refractivity contribution in [2.75, 3.05) is 12.4 Å². The summed E-state index contributed by atoms with van der Waals surface area (Å²) < 4.78 is 8.01. The first kappa shape index (κ1) is 15.2. The van der Waals surface area contributed by atoms with Gasteiger partial charge in [0.25, 0.3) is 0 Å². The largest absolute Gasteiger partial charge is 0.492 e. The number of ether oxygens (including phenoxy) is 1. The van der Waals surface area contributed by atoms with Gasteiger partial charge in [0.05, 0.1) is 6.61 Å². The second-order valence-corrected chi connectivity index (χ2v) is 6.54. The molecule has 0 unspecified atom stereocenters. The summed E-state index contributed by atoms with van der Waals surface area (Å²) >= 11 is 1.69. The molecule has 1 heterocycles. The summed E-state index contributed by atoms with van der Waals surface area (Å²) in [4.78, 5) is 0. The van der Waals surface area contributed by atoms with Gasteiger partial charge in [0.2, 0.25) is 0 Å². The lowest BCUT2D eigenvalue weighted by molar-refractivity contribution is 0.341. The van der Waals surface area contributed by atoms with Gasteiger partial charge in [-0.2, -0.15) is 0 Å². The summed E-state index contributed by atoms with van der Waals surface area (Å²) in [6.07, 6.45) is 4.37. The molecule has 0 N–H and O–H groups in total. The van der Waals surface area contributed by atoms with Crippen molar-refractivity contribution >= 4 is 11.8 Å². The third-order valence-electron chi connectivity index (χ3n) is 3.67. The Hall–Kier alpha value is -1.75. The van der Waals surface area contributed by atoms with E-state index in [2.05, 4.69) is 34.3 Å². The van der Waals surface area contributed by atoms with Gasteiger partial charge in [-0.15, -0.1) is 16.8 Å². The van der Waals surface area contributed by atoms with E-state index >= 15 is 0 Å². The SMILES string of the molecule is C=CCn1c(SCCOc2ccccc2C)nnc1C1CC1. The lowest BCUT2D eigenvalue weighted by atomic mass is 10.2. The topological polar surface area (TPSA) is 39.9 Å². The van der Waals surface area contributed by atoms with Crippen molar-refractivity contribution in [3.8, 4) is 5.75 Å². The molecule has 1 aliphatic carbocycles. The number of benzene rings is 1. The molecule has 0 bridgehead atoms. The predicted molar refractivity (Wildman–Crippen MR) is 89.6 cm³/mol. The highest BCUT2D eigenvalue weighted by Crippen LogP contribution is 2.40. The number of aryl methyl sites for hydroxylation is 1. The van der Waals surface area contributed by atoms with Crippen molar-refractivity contribution in [1.29, 1.82) is 0 Å². The second kappa shape index (κ2) is 7.01. The third-order valence-corrected chi connectivity index (χ3v) is 4.60. The smallest absolute Gasteiger partial charge is 0.191 e. The van der Waals surface area contributed by atoms with Crippen LogP contribution in [0.25, 0.3) is 0 Å². The fraction of sp³-hybridized carbons (Fsp3) is 0.412. The van der Waals surface area contributed by atoms with E-state index in [-0.39, 0.29) is 0 Å². The predicted octanol–water partition coefficient (Wildman–Crippen LogP) is 3.82. The van der Waals surface area contributed by atoms with Gasteiger partial charge in [-0.1, -0.05) is 36.0 Å². The summed E-state index contributed by atoms with van der Waals surface area (Å²) in [6.45, 7) is 7.33. The zero-order valence-electron chi connectivity index (χ0n) is 12.9. The molecule has 0 amide bonds. The monoisotopic (exact) mass is 315 g/mol. The van der Waals surface area contributed by atoms with Crippen molar-refractivity contribution < 1.29 is 4.74 Å². The zero-order chi connectivity index (χ0) is 15.4. The van der Waals surface area contributed by atoms with Crippen molar-refractivity contribution in [2.45, 2.75) is 37.4 Å². The Morgan fingerprint density at radius 1 is 1.36 bits per heavy atom. The molecule has 0 spiro atoms. The Kier molecular flexibility index (Phi) is 4.83. The zero-order valence-corrected chi connectivity index (χ0v) is 13.7. The fourth-order valence-electron chi connectivity index (χ4n) is 2.35. The van der Waals surface area contributed by atoms with E-state index in [0.717, 1.165) is 29.0 Å². The summed E-state index contributed by atoms with van der Waals surface area (Å²) in [5, 5.41) is 9.65. The highest BCUT2D eigenvalue weighted by Gasteiger charge is 2.30. The number of thioether (sulfide) groups is 1. The number of rotatable bonds is 8. The molecule has 0 aliphatic heterocycles. The van der Waals surface area contributed by atoms with Gasteiger partial charge in [-0.3, -0.25) is 0 Å². The Bertz CT molecular complexity index is 649. The van der Waals surface area contributed by atoms with Gasteiger partial charge in [-0.05, 0) is 31.4 Å². The van der Waals surface area contributed by atoms with Gasteiger partial charge in [0.15, 0.2) is 5.16 Å². The Morgan fingerprint density at radius 2 is 2.18 bits per heavy atom. The van der Waals surface area contributed by atoms with E-state index < -0.39 is 0 Å². The molecule has 3 rings (SSSR count). The Morgan fingerprint density at radius 3 is 2.91 bits per heavy atom. The summed E-state index contributed by atoms with van der Waals surface area (Å²) in [6, 6.07) is 8.09. The fourth-order valence-corrected chi connectivity index (χ4v) is 3.13. The van der Waals surface area contributed by atoms with Crippen LogP contribution >= 0.6 is 11.8 Å². The normalized spacial score (nSPS) is 14.0. The van der Waals surface area contributed by atoms with Crippen LogP contribution in [0.5, 0.6) is 5.75 Å². The maximum Gasteiger partial charge on any atom is 0.191 e. The molecule has 0 atom stereocenters. The molecule has 4 nitrogen and oxygen atoms in total. The molecule has 116 valence electrons. The lowest BCUT2D eigenvalue weighted by Crippen LogP contribution is -2.05. The number of nitrogens with zero attached hydrogens (tertiary/aromatic N) is 3. The third kappa shape index (κ3) is 3.53. The van der Waals surface area contributed by atoms with Crippen LogP contribution in [0.4, 0.5) is 0 Å². The summed E-state index contributed by atoms with van der Waals surface area (Å²) in [5.74, 6) is 3.52. The van der Waals surface area contributed by atoms with Crippen molar-refractivity contribution in [3.05, 3.63) is 48.3 Å². The van der Waals surface area contributed by atoms with Gasteiger partial charge in [0.1, 0.15) is 11.6 Å². The highest BCUT2D eigenvalue weighted by molar-refractivity contribution is 7.99. The molecule has 1 saturated carbocycles. The van der Waals surface area contributed by atoms with E-state index in [1.165, 1.54) is 18.4 Å². The molecule has 2 aromatic rings. The van der Waals surface area contributed by atoms with Crippen LogP contribution in [0.15, 0.2) is 42.1 Å². The highest BCUT2D eigenvalue weighted by atomic mass is 32.2. The van der Waals surface area contributed by atoms with E-state index in [0.29, 0.717) is 12.5 Å². The number of allylic oxidation sites excluding steroid dienone is 1. The Balaban J connectivity index is 1.55. The maximum atomic E-state index is 5.83. The van der Waals surface area contributed by atoms with E-state index in [1.807, 2.05) is 24.3 Å². The van der Waals surface area contributed by atoms with E-state index in [9.17, 15) is 0 Å². The van der Waals surface area contributed by atoms with Crippen LogP contribution in [-0.2, 0) is 6.54 Å². The van der Waals surface area contributed by atoms with E-state index in [4.69, 9.17) is 4.74 Å². The quantitative estimate of drug-likeness (QED) is 0.422. The standard InChI is InChI=1S/C17H21N3OS/c1-3-10-20-16(14-8-9-14)18-19-17(20)22-12-11-21-15-7-5-4-6-13(15)2/h3-7,14H,1,8-12H2,2H3. The van der Waals surface area contributed by atoms with Gasteiger partial charge >= 0.3 is 0 Å². The molecule has 1 fully saturated rings. The minimum atomic E-state index is 0.602. The molecular weight excluding hydrogens is 294 g/mol. The van der Waals surface area contributed by atoms with Crippen LogP contribution in [0.1, 0.15) is 30.1 Å². The van der Waals surface area contributed by atoms with Crippen LogP contribution in [-0.4, -0.2) is 27.1 Å². The summed E-state index contributed by atoms with van der Waals surface area (Å²) in [5.41, 5.74) is 1.17. The second-order valence-electron chi connectivity index (χ2n) is 5.48. The molecule has 0 saturated heterocycles. The minimum Gasteiger partial charge on any atom is -0.492 e. The van der Waals surface area contributed by atoms with Crippen LogP contribution in [0, 0.1) is 6.92 Å². The van der Waals surface area contributed by atoms with Crippen molar-refractivity contribution in [2.24, 2.45) is 0 Å². The average Bonchev–Trinajstić information content (AvgIpc) is 3.29. The molecular formula is C17H21N3OS. The first-order valence-electron chi connectivity index (χ1n) is 7.65. The molecule has 5 heteroatoms. The molecule has 22 heavy (non-hydrogen) atoms. The number of hydrogen-bond donors (Lipinski definition) is 0.